The van der Waals surface area contributed by atoms with E-state index in [0.717, 1.165) is 24.0 Å². The molecule has 1 aromatic rings. The number of nitrogens with two attached hydrogens (primary N) is 1. The van der Waals surface area contributed by atoms with Gasteiger partial charge in [-0.2, -0.15) is 0 Å². The predicted octanol–water partition coefficient (Wildman–Crippen LogP) is 2.05. The van der Waals surface area contributed by atoms with Gasteiger partial charge in [-0.25, -0.2) is 4.79 Å². The van der Waals surface area contributed by atoms with E-state index in [1.807, 2.05) is 26.0 Å². The molecule has 2 atom stereocenters. The zero-order chi connectivity index (χ0) is 17.2. The molecule has 2 amide bonds. The van der Waals surface area contributed by atoms with Crippen molar-refractivity contribution in [1.29, 1.82) is 0 Å². The highest BCUT2D eigenvalue weighted by atomic mass is 16.5. The van der Waals surface area contributed by atoms with Crippen LogP contribution in [0.2, 0.25) is 0 Å². The number of primary amides is 1. The Balaban J connectivity index is 2.64. The molecule has 0 fully saturated rings. The number of fused-ring (bicyclic) bond motifs is 1. The Morgan fingerprint density at radius 3 is 2.52 bits per heavy atom. The lowest BCUT2D eigenvalue weighted by Crippen LogP contribution is -2.60. The van der Waals surface area contributed by atoms with Gasteiger partial charge in [0, 0.05) is 24.5 Å². The summed E-state index contributed by atoms with van der Waals surface area (Å²) in [4.78, 5) is 22.8. The number of amides is 2. The molecule has 126 valence electrons. The van der Waals surface area contributed by atoms with Crippen molar-refractivity contribution in [2.24, 2.45) is 5.73 Å². The zero-order valence-electron chi connectivity index (χ0n) is 13.8. The van der Waals surface area contributed by atoms with Crippen LogP contribution in [-0.4, -0.2) is 36.4 Å². The minimum Gasteiger partial charge on any atom is -0.465 e. The van der Waals surface area contributed by atoms with Gasteiger partial charge in [0.2, 0.25) is 5.91 Å². The van der Waals surface area contributed by atoms with Gasteiger partial charge in [-0.3, -0.25) is 4.79 Å². The normalized spacial score (nSPS) is 22.2. The molecule has 0 bridgehead atoms. The fraction of sp³-hybridized carbons (Fsp3) is 0.529. The van der Waals surface area contributed by atoms with E-state index in [1.165, 1.54) is 0 Å². The topological polar surface area (TPSA) is 102 Å². The minimum atomic E-state index is -1.07. The molecule has 4 N–H and O–H groups in total. The predicted molar refractivity (Wildman–Crippen MR) is 86.7 cm³/mol. The highest BCUT2D eigenvalue weighted by Gasteiger charge is 2.47. The van der Waals surface area contributed by atoms with E-state index in [1.54, 1.807) is 13.2 Å². The summed E-state index contributed by atoms with van der Waals surface area (Å²) in [6.45, 7) is 4.05. The lowest BCUT2D eigenvalue weighted by atomic mass is 9.62. The van der Waals surface area contributed by atoms with Gasteiger partial charge in [0.25, 0.3) is 0 Å². The van der Waals surface area contributed by atoms with Crippen molar-refractivity contribution in [3.05, 3.63) is 34.9 Å². The van der Waals surface area contributed by atoms with Gasteiger partial charge < -0.3 is 20.9 Å². The number of nitrogens with one attached hydrogen (secondary N) is 1. The second kappa shape index (κ2) is 6.58. The summed E-state index contributed by atoms with van der Waals surface area (Å²) in [6.07, 6.45) is 0.723. The molecule has 23 heavy (non-hydrogen) atoms. The van der Waals surface area contributed by atoms with E-state index in [4.69, 9.17) is 10.5 Å². The Morgan fingerprint density at radius 1 is 1.39 bits per heavy atom. The molecular weight excluding hydrogens is 296 g/mol. The minimum absolute atomic E-state index is 0.252. The Kier molecular flexibility index (Phi) is 4.94. The van der Waals surface area contributed by atoms with Crippen molar-refractivity contribution in [1.82, 2.24) is 5.32 Å². The zero-order valence-corrected chi connectivity index (χ0v) is 13.8. The summed E-state index contributed by atoms with van der Waals surface area (Å²) in [5, 5.41) is 11.9. The van der Waals surface area contributed by atoms with Crippen LogP contribution in [-0.2, 0) is 16.6 Å². The first-order valence-corrected chi connectivity index (χ1v) is 7.85. The third-order valence-corrected chi connectivity index (χ3v) is 5.16. The molecule has 6 heteroatoms. The van der Waals surface area contributed by atoms with Gasteiger partial charge in [0.15, 0.2) is 0 Å². The standard InChI is InChI=1S/C17H24N2O4/c1-4-17(5-2)12-8-11(15(18)20)7-6-10(12)9-13(23-3)14(17)19-16(21)22/h6-8,13-14,19H,4-5,9H2,1-3H3,(H2,18,20)(H,21,22)/t13-,14+/m0/s1. The number of hydrogen-bond acceptors (Lipinski definition) is 3. The van der Waals surface area contributed by atoms with Crippen LogP contribution >= 0.6 is 0 Å². The summed E-state index contributed by atoms with van der Waals surface area (Å²) >= 11 is 0. The second-order valence-corrected chi connectivity index (χ2v) is 6.00. The Morgan fingerprint density at radius 2 is 2.04 bits per heavy atom. The number of hydrogen-bond donors (Lipinski definition) is 3. The Labute approximate surface area is 136 Å². The summed E-state index contributed by atoms with van der Waals surface area (Å²) in [7, 11) is 1.60. The van der Waals surface area contributed by atoms with Gasteiger partial charge in [-0.1, -0.05) is 19.9 Å². The molecule has 1 aromatic carbocycles. The SMILES string of the molecule is CCC1(CC)c2cc(C(N)=O)ccc2C[C@H](OC)[C@H]1NC(=O)O. The molecule has 1 aliphatic rings. The molecule has 0 unspecified atom stereocenters. The molecular formula is C17H24N2O4. The molecule has 0 aromatic heterocycles. The van der Waals surface area contributed by atoms with Crippen LogP contribution in [0, 0.1) is 0 Å². The summed E-state index contributed by atoms with van der Waals surface area (Å²) in [6, 6.07) is 5.05. The number of rotatable bonds is 5. The largest absolute Gasteiger partial charge is 0.465 e. The van der Waals surface area contributed by atoms with E-state index < -0.39 is 17.4 Å². The Bertz CT molecular complexity index is 611. The van der Waals surface area contributed by atoms with E-state index in [-0.39, 0.29) is 12.1 Å². The van der Waals surface area contributed by atoms with E-state index in [0.29, 0.717) is 12.0 Å². The first kappa shape index (κ1) is 17.3. The number of carbonyl (C=O) groups is 2. The van der Waals surface area contributed by atoms with E-state index >= 15 is 0 Å². The monoisotopic (exact) mass is 320 g/mol. The van der Waals surface area contributed by atoms with Crippen LogP contribution in [0.25, 0.3) is 0 Å². The van der Waals surface area contributed by atoms with Gasteiger partial charge in [0.05, 0.1) is 12.1 Å². The summed E-state index contributed by atoms with van der Waals surface area (Å²) in [5.74, 6) is -0.481. The number of benzene rings is 1. The number of carbonyl (C=O) groups excluding carboxylic acids is 1. The Hall–Kier alpha value is -2.08. The quantitative estimate of drug-likeness (QED) is 0.772. The van der Waals surface area contributed by atoms with Crippen molar-refractivity contribution in [2.75, 3.05) is 7.11 Å². The first-order chi connectivity index (χ1) is 10.9. The van der Waals surface area contributed by atoms with Crippen molar-refractivity contribution >= 4 is 12.0 Å². The maximum atomic E-state index is 11.5. The molecule has 0 aliphatic heterocycles. The van der Waals surface area contributed by atoms with Crippen molar-refractivity contribution in [3.63, 3.8) is 0 Å². The van der Waals surface area contributed by atoms with Crippen LogP contribution < -0.4 is 11.1 Å². The highest BCUT2D eigenvalue weighted by molar-refractivity contribution is 5.93. The smallest absolute Gasteiger partial charge is 0.404 e. The maximum Gasteiger partial charge on any atom is 0.404 e. The van der Waals surface area contributed by atoms with Crippen LogP contribution in [0.4, 0.5) is 4.79 Å². The third kappa shape index (κ3) is 2.91. The number of carboxylic acid groups (broad SMARTS) is 1. The van der Waals surface area contributed by atoms with Crippen LogP contribution in [0.1, 0.15) is 48.2 Å². The number of ether oxygens (including phenoxy) is 1. The summed E-state index contributed by atoms with van der Waals surface area (Å²) in [5.41, 5.74) is 7.50. The third-order valence-electron chi connectivity index (χ3n) is 5.16. The van der Waals surface area contributed by atoms with Crippen LogP contribution in [0.3, 0.4) is 0 Å². The van der Waals surface area contributed by atoms with Gasteiger partial charge in [-0.05, 0) is 36.1 Å². The fourth-order valence-corrected chi connectivity index (χ4v) is 3.88. The molecule has 2 rings (SSSR count). The average molecular weight is 320 g/mol. The van der Waals surface area contributed by atoms with Crippen molar-refractivity contribution in [2.45, 2.75) is 50.7 Å². The van der Waals surface area contributed by atoms with E-state index in [9.17, 15) is 14.7 Å². The van der Waals surface area contributed by atoms with Crippen LogP contribution in [0.5, 0.6) is 0 Å². The molecule has 1 aliphatic carbocycles. The first-order valence-electron chi connectivity index (χ1n) is 7.85. The molecule has 0 saturated carbocycles. The fourth-order valence-electron chi connectivity index (χ4n) is 3.88. The highest BCUT2D eigenvalue weighted by Crippen LogP contribution is 2.44. The maximum absolute atomic E-state index is 11.5. The molecule has 6 nitrogen and oxygen atoms in total. The lowest BCUT2D eigenvalue weighted by molar-refractivity contribution is 0.0253. The average Bonchev–Trinajstić information content (AvgIpc) is 2.53. The molecule has 0 heterocycles. The lowest BCUT2D eigenvalue weighted by Gasteiger charge is -2.48. The van der Waals surface area contributed by atoms with E-state index in [2.05, 4.69) is 5.32 Å². The van der Waals surface area contributed by atoms with Crippen LogP contribution in [0.15, 0.2) is 18.2 Å². The van der Waals surface area contributed by atoms with Crippen molar-refractivity contribution in [3.8, 4) is 0 Å². The van der Waals surface area contributed by atoms with Gasteiger partial charge in [0.1, 0.15) is 0 Å². The summed E-state index contributed by atoms with van der Waals surface area (Å²) < 4.78 is 5.58. The second-order valence-electron chi connectivity index (χ2n) is 6.00. The van der Waals surface area contributed by atoms with Gasteiger partial charge >= 0.3 is 6.09 Å². The molecule has 0 saturated heterocycles. The van der Waals surface area contributed by atoms with Gasteiger partial charge in [-0.15, -0.1) is 0 Å². The molecule has 0 spiro atoms. The van der Waals surface area contributed by atoms with Crippen molar-refractivity contribution < 1.29 is 19.4 Å². The molecule has 0 radical (unpaired) electrons. The number of methoxy groups -OCH3 is 1.